The molecule has 1 aliphatic rings. The number of morpholine rings is 1. The molecule has 4 rings (SSSR count). The molecule has 1 unspecified atom stereocenters. The molecule has 0 bridgehead atoms. The van der Waals surface area contributed by atoms with Crippen LogP contribution in [0.2, 0.25) is 5.02 Å². The second-order valence-electron chi connectivity index (χ2n) is 7.87. The Morgan fingerprint density at radius 1 is 1.17 bits per heavy atom. The summed E-state index contributed by atoms with van der Waals surface area (Å²) < 4.78 is 39.1. The molecule has 35 heavy (non-hydrogen) atoms. The topological polar surface area (TPSA) is 97.0 Å². The van der Waals surface area contributed by atoms with Gasteiger partial charge in [0, 0.05) is 35.8 Å². The molecule has 0 saturated carbocycles. The largest absolute Gasteiger partial charge is 0.497 e. The smallest absolute Gasteiger partial charge is 0.263 e. The normalized spacial score (nSPS) is 15.4. The highest BCUT2D eigenvalue weighted by molar-refractivity contribution is 7.92. The third-order valence-electron chi connectivity index (χ3n) is 5.64. The predicted octanol–water partition coefficient (Wildman–Crippen LogP) is 4.01. The number of benzene rings is 2. The van der Waals surface area contributed by atoms with Crippen LogP contribution in [-0.2, 0) is 14.8 Å². The molecule has 0 spiro atoms. The van der Waals surface area contributed by atoms with Crippen LogP contribution in [-0.4, -0.2) is 59.2 Å². The lowest BCUT2D eigenvalue weighted by atomic mass is 10.1. The van der Waals surface area contributed by atoms with Crippen molar-refractivity contribution in [3.8, 4) is 5.75 Å². The zero-order valence-corrected chi connectivity index (χ0v) is 21.5. The molecule has 0 radical (unpaired) electrons. The molecule has 3 aromatic rings. The number of nitrogens with zero attached hydrogens (tertiary/aromatic N) is 1. The molecule has 1 amide bonds. The minimum Gasteiger partial charge on any atom is -0.497 e. The fourth-order valence-corrected chi connectivity index (χ4v) is 6.24. The number of methoxy groups -OCH3 is 1. The summed E-state index contributed by atoms with van der Waals surface area (Å²) in [5, 5.41) is 4.99. The molecule has 11 heteroatoms. The summed E-state index contributed by atoms with van der Waals surface area (Å²) in [6.45, 7) is 3.23. The Bertz CT molecular complexity index is 1240. The van der Waals surface area contributed by atoms with Crippen molar-refractivity contribution < 1.29 is 22.7 Å². The number of halogens is 1. The van der Waals surface area contributed by atoms with Crippen molar-refractivity contribution in [2.24, 2.45) is 0 Å². The summed E-state index contributed by atoms with van der Waals surface area (Å²) in [7, 11) is -2.50. The summed E-state index contributed by atoms with van der Waals surface area (Å²) in [6.07, 6.45) is 0. The number of carbonyl (C=O) groups excluding carboxylic acids is 1. The van der Waals surface area contributed by atoms with Gasteiger partial charge in [0.2, 0.25) is 0 Å². The van der Waals surface area contributed by atoms with Crippen molar-refractivity contribution in [3.05, 3.63) is 75.4 Å². The van der Waals surface area contributed by atoms with E-state index in [0.717, 1.165) is 18.0 Å². The van der Waals surface area contributed by atoms with E-state index >= 15 is 0 Å². The average molecular weight is 536 g/mol. The number of amides is 1. The van der Waals surface area contributed by atoms with Crippen LogP contribution in [0, 0.1) is 0 Å². The minimum absolute atomic E-state index is 0.00934. The zero-order valence-electron chi connectivity index (χ0n) is 19.1. The fourth-order valence-electron chi connectivity index (χ4n) is 3.79. The second-order valence-corrected chi connectivity index (χ2v) is 10.9. The second kappa shape index (κ2) is 11.4. The van der Waals surface area contributed by atoms with Crippen LogP contribution in [0.4, 0.5) is 5.69 Å². The van der Waals surface area contributed by atoms with Gasteiger partial charge in [-0.3, -0.25) is 14.4 Å². The first-order valence-electron chi connectivity index (χ1n) is 11.0. The molecule has 1 atom stereocenters. The number of sulfonamides is 1. The number of ether oxygens (including phenoxy) is 2. The van der Waals surface area contributed by atoms with Crippen LogP contribution >= 0.6 is 22.9 Å². The van der Waals surface area contributed by atoms with Gasteiger partial charge >= 0.3 is 0 Å². The number of hydrogen-bond donors (Lipinski definition) is 2. The highest BCUT2D eigenvalue weighted by Crippen LogP contribution is 2.27. The molecule has 2 aromatic carbocycles. The minimum atomic E-state index is -4.03. The van der Waals surface area contributed by atoms with Gasteiger partial charge in [0.05, 0.1) is 31.4 Å². The van der Waals surface area contributed by atoms with Crippen molar-refractivity contribution >= 4 is 44.6 Å². The molecular weight excluding hydrogens is 510 g/mol. The maximum atomic E-state index is 13.0. The van der Waals surface area contributed by atoms with E-state index in [0.29, 0.717) is 31.2 Å². The Kier molecular flexibility index (Phi) is 8.30. The molecule has 186 valence electrons. The Morgan fingerprint density at radius 2 is 1.91 bits per heavy atom. The molecule has 1 aliphatic heterocycles. The first-order valence-corrected chi connectivity index (χ1v) is 13.7. The van der Waals surface area contributed by atoms with E-state index in [1.54, 1.807) is 35.6 Å². The zero-order chi connectivity index (χ0) is 24.8. The molecule has 1 aromatic heterocycles. The van der Waals surface area contributed by atoms with Crippen LogP contribution in [0.25, 0.3) is 0 Å². The summed E-state index contributed by atoms with van der Waals surface area (Å²) in [5.41, 5.74) is 0.553. The lowest BCUT2D eigenvalue weighted by molar-refractivity contribution is 0.0169. The van der Waals surface area contributed by atoms with Gasteiger partial charge in [-0.05, 0) is 53.9 Å². The standard InChI is InChI=1S/C24H26ClN3O5S2/c1-32-19-7-5-18(6-8-19)27-35(30,31)23-15-17(4-9-20(23)25)24(29)26-16-21(22-3-2-14-34-22)28-10-12-33-13-11-28/h2-9,14-15,21,27H,10-13,16H2,1H3,(H,26,29). The highest BCUT2D eigenvalue weighted by atomic mass is 35.5. The van der Waals surface area contributed by atoms with Gasteiger partial charge in [0.15, 0.2) is 0 Å². The first-order chi connectivity index (χ1) is 16.9. The molecule has 8 nitrogen and oxygen atoms in total. The van der Waals surface area contributed by atoms with Gasteiger partial charge in [-0.1, -0.05) is 17.7 Å². The number of anilines is 1. The summed E-state index contributed by atoms with van der Waals surface area (Å²) in [4.78, 5) is 16.3. The van der Waals surface area contributed by atoms with Gasteiger partial charge in [-0.25, -0.2) is 8.42 Å². The third-order valence-corrected chi connectivity index (χ3v) is 8.48. The summed E-state index contributed by atoms with van der Waals surface area (Å²) in [5.74, 6) is 0.222. The number of carbonyl (C=O) groups is 1. The summed E-state index contributed by atoms with van der Waals surface area (Å²) >= 11 is 7.84. The van der Waals surface area contributed by atoms with Crippen LogP contribution in [0.15, 0.2) is 64.9 Å². The van der Waals surface area contributed by atoms with Gasteiger partial charge in [-0.15, -0.1) is 11.3 Å². The van der Waals surface area contributed by atoms with Crippen molar-refractivity contribution in [3.63, 3.8) is 0 Å². The van der Waals surface area contributed by atoms with Crippen LogP contribution < -0.4 is 14.8 Å². The number of rotatable bonds is 9. The van der Waals surface area contributed by atoms with E-state index in [2.05, 4.69) is 21.0 Å². The lowest BCUT2D eigenvalue weighted by Gasteiger charge is -2.34. The molecule has 2 N–H and O–H groups in total. The van der Waals surface area contributed by atoms with Crippen molar-refractivity contribution in [2.75, 3.05) is 44.7 Å². The third kappa shape index (κ3) is 6.33. The van der Waals surface area contributed by atoms with Gasteiger partial charge in [0.1, 0.15) is 10.6 Å². The van der Waals surface area contributed by atoms with E-state index in [4.69, 9.17) is 21.1 Å². The highest BCUT2D eigenvalue weighted by Gasteiger charge is 2.25. The van der Waals surface area contributed by atoms with E-state index in [1.807, 2.05) is 11.4 Å². The average Bonchev–Trinajstić information content (AvgIpc) is 3.40. The van der Waals surface area contributed by atoms with Crippen molar-refractivity contribution in [2.45, 2.75) is 10.9 Å². The van der Waals surface area contributed by atoms with Gasteiger partial charge in [-0.2, -0.15) is 0 Å². The first kappa shape index (κ1) is 25.5. The predicted molar refractivity (Wildman–Crippen MR) is 137 cm³/mol. The van der Waals surface area contributed by atoms with E-state index in [9.17, 15) is 13.2 Å². The number of nitrogens with one attached hydrogen (secondary N) is 2. The van der Waals surface area contributed by atoms with E-state index < -0.39 is 10.0 Å². The summed E-state index contributed by atoms with van der Waals surface area (Å²) in [6, 6.07) is 14.7. The van der Waals surface area contributed by atoms with Gasteiger partial charge in [0.25, 0.3) is 15.9 Å². The van der Waals surface area contributed by atoms with Crippen molar-refractivity contribution in [1.29, 1.82) is 0 Å². The number of thiophene rings is 1. The molecule has 1 fully saturated rings. The van der Waals surface area contributed by atoms with Crippen LogP contribution in [0.3, 0.4) is 0 Å². The lowest BCUT2D eigenvalue weighted by Crippen LogP contribution is -2.43. The molecule has 0 aliphatic carbocycles. The molecular formula is C24H26ClN3O5S2. The fraction of sp³-hybridized carbons (Fsp3) is 0.292. The van der Waals surface area contributed by atoms with Crippen LogP contribution in [0.5, 0.6) is 5.75 Å². The van der Waals surface area contributed by atoms with Crippen molar-refractivity contribution in [1.82, 2.24) is 10.2 Å². The Balaban J connectivity index is 1.49. The molecule has 1 saturated heterocycles. The number of hydrogen-bond acceptors (Lipinski definition) is 7. The Morgan fingerprint density at radius 3 is 2.57 bits per heavy atom. The van der Waals surface area contributed by atoms with Crippen LogP contribution in [0.1, 0.15) is 21.3 Å². The maximum Gasteiger partial charge on any atom is 0.263 e. The van der Waals surface area contributed by atoms with E-state index in [-0.39, 0.29) is 27.4 Å². The quantitative estimate of drug-likeness (QED) is 0.429. The van der Waals surface area contributed by atoms with Gasteiger partial charge < -0.3 is 14.8 Å². The molecule has 2 heterocycles. The van der Waals surface area contributed by atoms with E-state index in [1.165, 1.54) is 25.3 Å². The maximum absolute atomic E-state index is 13.0. The Hall–Kier alpha value is -2.63. The SMILES string of the molecule is COc1ccc(NS(=O)(=O)c2cc(C(=O)NCC(c3cccs3)N3CCOCC3)ccc2Cl)cc1. The Labute approximate surface area is 213 Å². The monoisotopic (exact) mass is 535 g/mol.